The number of rotatable bonds is 4. The zero-order valence-electron chi connectivity index (χ0n) is 12.8. The Labute approximate surface area is 134 Å². The van der Waals surface area contributed by atoms with E-state index in [0.717, 1.165) is 11.3 Å². The molecule has 2 N–H and O–H groups in total. The van der Waals surface area contributed by atoms with Gasteiger partial charge in [0.2, 0.25) is 0 Å². The zero-order chi connectivity index (χ0) is 16.3. The molecule has 0 amide bonds. The van der Waals surface area contributed by atoms with E-state index in [2.05, 4.69) is 0 Å². The van der Waals surface area contributed by atoms with E-state index in [9.17, 15) is 8.78 Å². The van der Waals surface area contributed by atoms with Gasteiger partial charge in [0, 0.05) is 37.7 Å². The minimum atomic E-state index is -2.54. The highest BCUT2D eigenvalue weighted by atomic mass is 19.3. The highest BCUT2D eigenvalue weighted by Gasteiger charge is 2.34. The van der Waals surface area contributed by atoms with E-state index in [0.29, 0.717) is 31.1 Å². The molecule has 0 aromatic heterocycles. The van der Waals surface area contributed by atoms with E-state index in [1.165, 1.54) is 0 Å². The molecule has 23 heavy (non-hydrogen) atoms. The molecule has 0 aliphatic carbocycles. The fourth-order valence-electron chi connectivity index (χ4n) is 2.67. The largest absolute Gasteiger partial charge is 0.487 e. The molecule has 122 valence electrons. The normalized spacial score (nSPS) is 17.0. The lowest BCUT2D eigenvalue weighted by Gasteiger charge is -2.33. The molecule has 1 aliphatic rings. The van der Waals surface area contributed by atoms with Gasteiger partial charge in [-0.15, -0.1) is 0 Å². The number of nitrogen functional groups attached to an aromatic ring is 1. The average molecular weight is 318 g/mol. The molecule has 1 aliphatic heterocycles. The number of nitrogens with two attached hydrogens (primary N) is 1. The Hall–Kier alpha value is -2.30. The smallest absolute Gasteiger partial charge is 0.251 e. The standard InChI is InChI=1S/C18H20F2N2O/c19-18(20)8-10-22(11-9-18)15-6-7-16(21)17(12-15)23-13-14-4-2-1-3-5-14/h1-7,12H,8-11,13,21H2. The number of ether oxygens (including phenoxy) is 1. The summed E-state index contributed by atoms with van der Waals surface area (Å²) in [5.41, 5.74) is 8.43. The van der Waals surface area contributed by atoms with Crippen molar-refractivity contribution in [3.8, 4) is 5.75 Å². The van der Waals surface area contributed by atoms with Crippen LogP contribution in [0.3, 0.4) is 0 Å². The number of hydrogen-bond acceptors (Lipinski definition) is 3. The van der Waals surface area contributed by atoms with Crippen molar-refractivity contribution in [1.82, 2.24) is 0 Å². The summed E-state index contributed by atoms with van der Waals surface area (Å²) in [6.45, 7) is 1.11. The summed E-state index contributed by atoms with van der Waals surface area (Å²) in [5.74, 6) is -1.96. The minimum absolute atomic E-state index is 0.114. The van der Waals surface area contributed by atoms with Crippen LogP contribution in [0.1, 0.15) is 18.4 Å². The van der Waals surface area contributed by atoms with Gasteiger partial charge in [-0.1, -0.05) is 30.3 Å². The maximum Gasteiger partial charge on any atom is 0.251 e. The van der Waals surface area contributed by atoms with E-state index in [4.69, 9.17) is 10.5 Å². The lowest BCUT2D eigenvalue weighted by atomic mass is 10.1. The van der Waals surface area contributed by atoms with Crippen LogP contribution in [0.5, 0.6) is 5.75 Å². The second-order valence-corrected chi connectivity index (χ2v) is 5.84. The van der Waals surface area contributed by atoms with Crippen LogP contribution in [0.15, 0.2) is 48.5 Å². The Morgan fingerprint density at radius 1 is 1.04 bits per heavy atom. The van der Waals surface area contributed by atoms with Gasteiger partial charge in [0.15, 0.2) is 0 Å². The summed E-state index contributed by atoms with van der Waals surface area (Å²) in [6, 6.07) is 15.3. The number of piperidine rings is 1. The summed E-state index contributed by atoms with van der Waals surface area (Å²) >= 11 is 0. The van der Waals surface area contributed by atoms with Crippen LogP contribution in [0, 0.1) is 0 Å². The molecule has 0 saturated carbocycles. The van der Waals surface area contributed by atoms with E-state index in [1.54, 1.807) is 6.07 Å². The number of benzene rings is 2. The molecule has 2 aromatic rings. The van der Waals surface area contributed by atoms with Crippen molar-refractivity contribution in [3.05, 3.63) is 54.1 Å². The third-order valence-corrected chi connectivity index (χ3v) is 4.09. The molecule has 3 nitrogen and oxygen atoms in total. The predicted molar refractivity (Wildman–Crippen MR) is 88.0 cm³/mol. The molecule has 0 atom stereocenters. The molecule has 2 aromatic carbocycles. The Morgan fingerprint density at radius 3 is 2.43 bits per heavy atom. The molecule has 1 saturated heterocycles. The number of alkyl halides is 2. The average Bonchev–Trinajstić information content (AvgIpc) is 2.55. The van der Waals surface area contributed by atoms with Crippen molar-refractivity contribution < 1.29 is 13.5 Å². The highest BCUT2D eigenvalue weighted by molar-refractivity contribution is 5.62. The first-order chi connectivity index (χ1) is 11.0. The molecule has 5 heteroatoms. The monoisotopic (exact) mass is 318 g/mol. The maximum atomic E-state index is 13.3. The lowest BCUT2D eigenvalue weighted by Crippen LogP contribution is -2.39. The van der Waals surface area contributed by atoms with Gasteiger partial charge in [0.1, 0.15) is 12.4 Å². The quantitative estimate of drug-likeness (QED) is 0.863. The van der Waals surface area contributed by atoms with Gasteiger partial charge >= 0.3 is 0 Å². The van der Waals surface area contributed by atoms with Crippen LogP contribution in [-0.4, -0.2) is 19.0 Å². The molecule has 0 spiro atoms. The molecular weight excluding hydrogens is 298 g/mol. The number of halogens is 2. The number of nitrogens with zero attached hydrogens (tertiary/aromatic N) is 1. The van der Waals surface area contributed by atoms with Crippen molar-refractivity contribution in [1.29, 1.82) is 0 Å². The maximum absolute atomic E-state index is 13.3. The van der Waals surface area contributed by atoms with E-state index in [1.807, 2.05) is 47.4 Å². The van der Waals surface area contributed by atoms with Crippen LogP contribution < -0.4 is 15.4 Å². The van der Waals surface area contributed by atoms with E-state index in [-0.39, 0.29) is 12.8 Å². The van der Waals surface area contributed by atoms with Crippen molar-refractivity contribution in [2.24, 2.45) is 0 Å². The summed E-state index contributed by atoms with van der Waals surface area (Å²) < 4.78 is 32.3. The fraction of sp³-hybridized carbons (Fsp3) is 0.333. The predicted octanol–water partition coefficient (Wildman–Crippen LogP) is 4.08. The first-order valence-corrected chi connectivity index (χ1v) is 7.72. The van der Waals surface area contributed by atoms with Crippen LogP contribution in [-0.2, 0) is 6.61 Å². The summed E-state index contributed by atoms with van der Waals surface area (Å²) in [6.07, 6.45) is -0.227. The van der Waals surface area contributed by atoms with Gasteiger partial charge in [-0.25, -0.2) is 8.78 Å². The van der Waals surface area contributed by atoms with Gasteiger partial charge in [0.05, 0.1) is 5.69 Å². The molecule has 1 heterocycles. The fourth-order valence-corrected chi connectivity index (χ4v) is 2.67. The Morgan fingerprint density at radius 2 is 1.74 bits per heavy atom. The van der Waals surface area contributed by atoms with Gasteiger partial charge in [-0.05, 0) is 17.7 Å². The first kappa shape index (κ1) is 15.6. The van der Waals surface area contributed by atoms with Gasteiger partial charge in [-0.2, -0.15) is 0 Å². The molecule has 3 rings (SSSR count). The molecule has 1 fully saturated rings. The van der Waals surface area contributed by atoms with Crippen LogP contribution in [0.4, 0.5) is 20.2 Å². The van der Waals surface area contributed by atoms with Crippen LogP contribution in [0.2, 0.25) is 0 Å². The zero-order valence-corrected chi connectivity index (χ0v) is 12.8. The second-order valence-electron chi connectivity index (χ2n) is 5.84. The molecular formula is C18H20F2N2O. The SMILES string of the molecule is Nc1ccc(N2CCC(F)(F)CC2)cc1OCc1ccccc1. The van der Waals surface area contributed by atoms with E-state index < -0.39 is 5.92 Å². The number of anilines is 2. The molecule has 0 radical (unpaired) electrons. The lowest BCUT2D eigenvalue weighted by molar-refractivity contribution is -0.0220. The summed E-state index contributed by atoms with van der Waals surface area (Å²) in [5, 5.41) is 0. The highest BCUT2D eigenvalue weighted by Crippen LogP contribution is 2.33. The van der Waals surface area contributed by atoms with Gasteiger partial charge in [-0.3, -0.25) is 0 Å². The van der Waals surface area contributed by atoms with Crippen molar-refractivity contribution >= 4 is 11.4 Å². The molecule has 0 bridgehead atoms. The van der Waals surface area contributed by atoms with Crippen molar-refractivity contribution in [3.63, 3.8) is 0 Å². The minimum Gasteiger partial charge on any atom is -0.487 e. The topological polar surface area (TPSA) is 38.5 Å². The third-order valence-electron chi connectivity index (χ3n) is 4.09. The van der Waals surface area contributed by atoms with Gasteiger partial charge in [0.25, 0.3) is 5.92 Å². The first-order valence-electron chi connectivity index (χ1n) is 7.72. The number of hydrogen-bond donors (Lipinski definition) is 1. The van der Waals surface area contributed by atoms with Gasteiger partial charge < -0.3 is 15.4 Å². The van der Waals surface area contributed by atoms with Crippen LogP contribution >= 0.6 is 0 Å². The Balaban J connectivity index is 1.69. The van der Waals surface area contributed by atoms with Crippen LogP contribution in [0.25, 0.3) is 0 Å². The Bertz CT molecular complexity index is 651. The second kappa shape index (κ2) is 6.44. The van der Waals surface area contributed by atoms with E-state index >= 15 is 0 Å². The molecule has 0 unspecified atom stereocenters. The van der Waals surface area contributed by atoms with Crippen molar-refractivity contribution in [2.45, 2.75) is 25.4 Å². The van der Waals surface area contributed by atoms with Crippen molar-refractivity contribution in [2.75, 3.05) is 23.7 Å². The Kier molecular flexibility index (Phi) is 4.37. The summed E-state index contributed by atoms with van der Waals surface area (Å²) in [7, 11) is 0. The third kappa shape index (κ3) is 3.92. The summed E-state index contributed by atoms with van der Waals surface area (Å²) in [4.78, 5) is 1.95.